The lowest BCUT2D eigenvalue weighted by molar-refractivity contribution is 0.0683. The number of aryl methyl sites for hydroxylation is 3. The molecule has 25 heavy (non-hydrogen) atoms. The molecule has 134 valence electrons. The van der Waals surface area contributed by atoms with Gasteiger partial charge in [-0.05, 0) is 51.6 Å². The molecule has 7 nitrogen and oxygen atoms in total. The van der Waals surface area contributed by atoms with Gasteiger partial charge in [0, 0.05) is 25.5 Å². The Hall–Kier alpha value is -2.15. The van der Waals surface area contributed by atoms with Gasteiger partial charge in [-0.1, -0.05) is 5.16 Å². The minimum Gasteiger partial charge on any atom is -0.361 e. The molecule has 7 heteroatoms. The van der Waals surface area contributed by atoms with E-state index in [0.29, 0.717) is 23.6 Å². The van der Waals surface area contributed by atoms with Crippen LogP contribution in [0.5, 0.6) is 0 Å². The number of aromatic nitrogens is 3. The van der Waals surface area contributed by atoms with Crippen LogP contribution in [-0.2, 0) is 13.6 Å². The van der Waals surface area contributed by atoms with E-state index in [2.05, 4.69) is 15.5 Å². The van der Waals surface area contributed by atoms with E-state index in [1.165, 1.54) is 0 Å². The Morgan fingerprint density at radius 3 is 2.80 bits per heavy atom. The van der Waals surface area contributed by atoms with Crippen LogP contribution < -0.4 is 5.32 Å². The number of hydrogen-bond donors (Lipinski definition) is 1. The minimum absolute atomic E-state index is 0.0136. The second-order valence-electron chi connectivity index (χ2n) is 7.42. The van der Waals surface area contributed by atoms with E-state index in [1.54, 1.807) is 13.1 Å². The van der Waals surface area contributed by atoms with E-state index in [9.17, 15) is 4.79 Å². The molecule has 3 heterocycles. The van der Waals surface area contributed by atoms with Gasteiger partial charge in [0.2, 0.25) is 0 Å². The molecule has 0 radical (unpaired) electrons. The zero-order valence-electron chi connectivity index (χ0n) is 15.1. The maximum atomic E-state index is 13.4. The maximum Gasteiger partial charge on any atom is 0.260 e. The zero-order chi connectivity index (χ0) is 17.6. The Balaban J connectivity index is 1.64. The first-order chi connectivity index (χ1) is 12.0. The topological polar surface area (TPSA) is 76.2 Å². The summed E-state index contributed by atoms with van der Waals surface area (Å²) in [6, 6.07) is 0.271. The predicted octanol–water partition coefficient (Wildman–Crippen LogP) is 1.81. The zero-order valence-corrected chi connectivity index (χ0v) is 15.1. The SMILES string of the molecule is Cc1noc(C)c1C(=O)N(Cc1nccn1C)C1CC12CCNCC2. The fraction of sp³-hybridized carbons (Fsp3) is 0.611. The molecule has 2 fully saturated rings. The number of rotatable bonds is 4. The summed E-state index contributed by atoms with van der Waals surface area (Å²) in [5.41, 5.74) is 1.53. The summed E-state index contributed by atoms with van der Waals surface area (Å²) >= 11 is 0. The molecule has 1 unspecified atom stereocenters. The van der Waals surface area contributed by atoms with Crippen molar-refractivity contribution < 1.29 is 9.32 Å². The lowest BCUT2D eigenvalue weighted by Gasteiger charge is -2.29. The number of amides is 1. The molecular formula is C18H25N5O2. The number of nitrogens with one attached hydrogen (secondary N) is 1. The van der Waals surface area contributed by atoms with E-state index in [4.69, 9.17) is 4.52 Å². The summed E-state index contributed by atoms with van der Waals surface area (Å²) in [5.74, 6) is 1.50. The standard InChI is InChI=1S/C18H25N5O2/c1-12-16(13(2)25-21-12)17(24)23(11-15-20-8-9-22(15)3)14-10-18(14)4-6-19-7-5-18/h8-9,14,19H,4-7,10-11H2,1-3H3. The third-order valence-corrected chi connectivity index (χ3v) is 5.86. The van der Waals surface area contributed by atoms with E-state index in [1.807, 2.05) is 29.6 Å². The second kappa shape index (κ2) is 5.98. The summed E-state index contributed by atoms with van der Waals surface area (Å²) in [6.07, 6.45) is 7.03. The van der Waals surface area contributed by atoms with Crippen LogP contribution in [0.2, 0.25) is 0 Å². The number of imidazole rings is 1. The molecule has 0 aromatic carbocycles. The Bertz CT molecular complexity index is 768. The first kappa shape index (κ1) is 16.3. The fourth-order valence-corrected chi connectivity index (χ4v) is 4.19. The van der Waals surface area contributed by atoms with Gasteiger partial charge in [0.15, 0.2) is 0 Å². The van der Waals surface area contributed by atoms with Crippen LogP contribution in [0.1, 0.15) is 46.9 Å². The van der Waals surface area contributed by atoms with Gasteiger partial charge in [-0.3, -0.25) is 4.79 Å². The number of hydrogen-bond acceptors (Lipinski definition) is 5. The largest absolute Gasteiger partial charge is 0.361 e. The van der Waals surface area contributed by atoms with Crippen molar-refractivity contribution in [1.29, 1.82) is 0 Å². The van der Waals surface area contributed by atoms with Crippen molar-refractivity contribution in [3.63, 3.8) is 0 Å². The van der Waals surface area contributed by atoms with Gasteiger partial charge < -0.3 is 19.3 Å². The van der Waals surface area contributed by atoms with Gasteiger partial charge in [-0.25, -0.2) is 4.98 Å². The number of carbonyl (C=O) groups is 1. The van der Waals surface area contributed by atoms with Gasteiger partial charge in [-0.15, -0.1) is 0 Å². The van der Waals surface area contributed by atoms with Crippen LogP contribution in [0.3, 0.4) is 0 Å². The summed E-state index contributed by atoms with van der Waals surface area (Å²) in [5, 5.41) is 7.39. The molecule has 2 aliphatic rings. The van der Waals surface area contributed by atoms with Crippen molar-refractivity contribution in [2.24, 2.45) is 12.5 Å². The van der Waals surface area contributed by atoms with Crippen molar-refractivity contribution >= 4 is 5.91 Å². The maximum absolute atomic E-state index is 13.4. The molecule has 2 aromatic heterocycles. The molecule has 1 saturated carbocycles. The van der Waals surface area contributed by atoms with Gasteiger partial charge in [-0.2, -0.15) is 0 Å². The number of carbonyl (C=O) groups excluding carboxylic acids is 1. The summed E-state index contributed by atoms with van der Waals surface area (Å²) in [4.78, 5) is 19.8. The molecule has 1 N–H and O–H groups in total. The van der Waals surface area contributed by atoms with Crippen molar-refractivity contribution in [1.82, 2.24) is 24.9 Å². The quantitative estimate of drug-likeness (QED) is 0.916. The Kier molecular flexibility index (Phi) is 3.91. The molecule has 1 spiro atoms. The van der Waals surface area contributed by atoms with Crippen molar-refractivity contribution in [2.75, 3.05) is 13.1 Å². The predicted molar refractivity (Wildman–Crippen MR) is 92.0 cm³/mol. The third-order valence-electron chi connectivity index (χ3n) is 5.86. The molecule has 2 aromatic rings. The lowest BCUT2D eigenvalue weighted by atomic mass is 9.93. The van der Waals surface area contributed by atoms with Crippen LogP contribution in [0.4, 0.5) is 0 Å². The van der Waals surface area contributed by atoms with Gasteiger partial charge in [0.05, 0.1) is 12.2 Å². The molecule has 0 bridgehead atoms. The lowest BCUT2D eigenvalue weighted by Crippen LogP contribution is -2.40. The molecule has 4 rings (SSSR count). The van der Waals surface area contributed by atoms with Gasteiger partial charge in [0.1, 0.15) is 17.1 Å². The van der Waals surface area contributed by atoms with Crippen LogP contribution in [-0.4, -0.2) is 44.6 Å². The van der Waals surface area contributed by atoms with Crippen molar-refractivity contribution in [3.05, 3.63) is 35.2 Å². The smallest absolute Gasteiger partial charge is 0.260 e. The van der Waals surface area contributed by atoms with Crippen LogP contribution in [0.25, 0.3) is 0 Å². The highest BCUT2D eigenvalue weighted by Gasteiger charge is 2.58. The van der Waals surface area contributed by atoms with E-state index < -0.39 is 0 Å². The molecule has 1 amide bonds. The average Bonchev–Trinajstić information content (AvgIpc) is 2.92. The van der Waals surface area contributed by atoms with Crippen LogP contribution in [0, 0.1) is 19.3 Å². The highest BCUT2D eigenvalue weighted by molar-refractivity contribution is 5.96. The third kappa shape index (κ3) is 2.76. The number of nitrogens with zero attached hydrogens (tertiary/aromatic N) is 4. The normalized spacial score (nSPS) is 21.5. The first-order valence-electron chi connectivity index (χ1n) is 8.92. The second-order valence-corrected chi connectivity index (χ2v) is 7.42. The van der Waals surface area contributed by atoms with Gasteiger partial charge >= 0.3 is 0 Å². The van der Waals surface area contributed by atoms with Crippen molar-refractivity contribution in [2.45, 2.75) is 45.7 Å². The highest BCUT2D eigenvalue weighted by atomic mass is 16.5. The van der Waals surface area contributed by atoms with Gasteiger partial charge in [0.25, 0.3) is 5.91 Å². The summed E-state index contributed by atoms with van der Waals surface area (Å²) in [6.45, 7) is 6.22. The summed E-state index contributed by atoms with van der Waals surface area (Å²) in [7, 11) is 1.97. The number of piperidine rings is 1. The van der Waals surface area contributed by atoms with Crippen LogP contribution in [0.15, 0.2) is 16.9 Å². The monoisotopic (exact) mass is 343 g/mol. The molecular weight excluding hydrogens is 318 g/mol. The average molecular weight is 343 g/mol. The molecule has 1 aliphatic carbocycles. The Labute approximate surface area is 147 Å². The van der Waals surface area contributed by atoms with E-state index in [0.717, 1.165) is 38.2 Å². The molecule has 1 aliphatic heterocycles. The minimum atomic E-state index is 0.0136. The Morgan fingerprint density at radius 2 is 2.20 bits per heavy atom. The van der Waals surface area contributed by atoms with E-state index >= 15 is 0 Å². The highest BCUT2D eigenvalue weighted by Crippen LogP contribution is 2.56. The Morgan fingerprint density at radius 1 is 1.44 bits per heavy atom. The molecule has 1 atom stereocenters. The molecule has 1 saturated heterocycles. The van der Waals surface area contributed by atoms with Crippen LogP contribution >= 0.6 is 0 Å². The van der Waals surface area contributed by atoms with E-state index in [-0.39, 0.29) is 17.4 Å². The summed E-state index contributed by atoms with van der Waals surface area (Å²) < 4.78 is 7.21. The fourth-order valence-electron chi connectivity index (χ4n) is 4.19. The van der Waals surface area contributed by atoms with Crippen molar-refractivity contribution in [3.8, 4) is 0 Å². The first-order valence-corrected chi connectivity index (χ1v) is 8.92.